The van der Waals surface area contributed by atoms with Crippen LogP contribution in [0.5, 0.6) is 0 Å². The molecule has 1 unspecified atom stereocenters. The van der Waals surface area contributed by atoms with Crippen molar-refractivity contribution < 1.29 is 4.74 Å². The average Bonchev–Trinajstić information content (AvgIpc) is 2.34. The predicted octanol–water partition coefficient (Wildman–Crippen LogP) is 3.20. The molecule has 0 saturated carbocycles. The Bertz CT molecular complexity index is 366. The summed E-state index contributed by atoms with van der Waals surface area (Å²) in [6, 6.07) is 2.02. The van der Waals surface area contributed by atoms with E-state index in [-0.39, 0.29) is 6.10 Å². The maximum absolute atomic E-state index is 5.68. The molecule has 0 aliphatic carbocycles. The lowest BCUT2D eigenvalue weighted by atomic mass is 10.1. The standard InChI is InChI=1S/C14H25N3O/c1-6-12(18-7-2)14-16-11(8-10(3)4)9-13(15-5)17-14/h9-10,12H,6-8H2,1-5H3,(H,15,16,17). The van der Waals surface area contributed by atoms with Gasteiger partial charge in [-0.15, -0.1) is 0 Å². The van der Waals surface area contributed by atoms with E-state index >= 15 is 0 Å². The van der Waals surface area contributed by atoms with E-state index in [9.17, 15) is 0 Å². The van der Waals surface area contributed by atoms with Gasteiger partial charge in [0, 0.05) is 25.4 Å². The van der Waals surface area contributed by atoms with Crippen molar-refractivity contribution >= 4 is 5.82 Å². The molecule has 1 atom stereocenters. The molecule has 102 valence electrons. The summed E-state index contributed by atoms with van der Waals surface area (Å²) in [4.78, 5) is 9.14. The van der Waals surface area contributed by atoms with E-state index in [0.29, 0.717) is 12.5 Å². The molecule has 1 heterocycles. The van der Waals surface area contributed by atoms with E-state index < -0.39 is 0 Å². The van der Waals surface area contributed by atoms with Gasteiger partial charge >= 0.3 is 0 Å². The summed E-state index contributed by atoms with van der Waals surface area (Å²) in [5, 5.41) is 3.10. The maximum atomic E-state index is 5.68. The van der Waals surface area contributed by atoms with Crippen molar-refractivity contribution in [1.82, 2.24) is 9.97 Å². The first kappa shape index (κ1) is 14.9. The van der Waals surface area contributed by atoms with E-state index in [1.54, 1.807) is 0 Å². The third-order valence-electron chi connectivity index (χ3n) is 2.70. The van der Waals surface area contributed by atoms with Gasteiger partial charge in [0.25, 0.3) is 0 Å². The fraction of sp³-hybridized carbons (Fsp3) is 0.714. The van der Waals surface area contributed by atoms with Crippen LogP contribution in [0.25, 0.3) is 0 Å². The molecule has 1 aromatic heterocycles. The number of anilines is 1. The van der Waals surface area contributed by atoms with Crippen molar-refractivity contribution in [1.29, 1.82) is 0 Å². The highest BCUT2D eigenvalue weighted by atomic mass is 16.5. The Labute approximate surface area is 110 Å². The molecule has 1 aromatic rings. The van der Waals surface area contributed by atoms with Crippen LogP contribution in [-0.4, -0.2) is 23.6 Å². The molecule has 1 N–H and O–H groups in total. The Balaban J connectivity index is 3.01. The van der Waals surface area contributed by atoms with Crippen molar-refractivity contribution in [3.8, 4) is 0 Å². The van der Waals surface area contributed by atoms with Crippen LogP contribution in [-0.2, 0) is 11.2 Å². The van der Waals surface area contributed by atoms with Crippen LogP contribution in [0, 0.1) is 5.92 Å². The molecule has 0 aliphatic rings. The summed E-state index contributed by atoms with van der Waals surface area (Å²) in [6.07, 6.45) is 1.85. The summed E-state index contributed by atoms with van der Waals surface area (Å²) < 4.78 is 5.68. The highest BCUT2D eigenvalue weighted by molar-refractivity contribution is 5.35. The predicted molar refractivity (Wildman–Crippen MR) is 74.8 cm³/mol. The van der Waals surface area contributed by atoms with Crippen LogP contribution in [0.4, 0.5) is 5.82 Å². The minimum Gasteiger partial charge on any atom is -0.373 e. The number of hydrogen-bond donors (Lipinski definition) is 1. The summed E-state index contributed by atoms with van der Waals surface area (Å²) >= 11 is 0. The van der Waals surface area contributed by atoms with Crippen molar-refractivity contribution in [3.05, 3.63) is 17.6 Å². The third-order valence-corrected chi connectivity index (χ3v) is 2.70. The second kappa shape index (κ2) is 7.31. The zero-order valence-corrected chi connectivity index (χ0v) is 12.2. The van der Waals surface area contributed by atoms with E-state index in [1.165, 1.54) is 0 Å². The number of nitrogens with zero attached hydrogens (tertiary/aromatic N) is 2. The maximum Gasteiger partial charge on any atom is 0.159 e. The lowest BCUT2D eigenvalue weighted by Gasteiger charge is -2.16. The molecule has 0 amide bonds. The molecular formula is C14H25N3O. The number of rotatable bonds is 7. The smallest absolute Gasteiger partial charge is 0.159 e. The monoisotopic (exact) mass is 251 g/mol. The minimum atomic E-state index is -0.00536. The van der Waals surface area contributed by atoms with Crippen LogP contribution in [0.15, 0.2) is 6.07 Å². The zero-order chi connectivity index (χ0) is 13.5. The normalized spacial score (nSPS) is 12.8. The van der Waals surface area contributed by atoms with E-state index in [1.807, 2.05) is 20.0 Å². The first-order valence-electron chi connectivity index (χ1n) is 6.77. The Hall–Kier alpha value is -1.16. The third kappa shape index (κ3) is 4.26. The molecule has 4 heteroatoms. The minimum absolute atomic E-state index is 0.00536. The number of nitrogens with one attached hydrogen (secondary N) is 1. The van der Waals surface area contributed by atoms with Crippen molar-refractivity contribution in [2.45, 2.75) is 46.6 Å². The molecule has 1 rings (SSSR count). The largest absolute Gasteiger partial charge is 0.373 e. The molecule has 0 fully saturated rings. The highest BCUT2D eigenvalue weighted by Gasteiger charge is 2.15. The van der Waals surface area contributed by atoms with Crippen molar-refractivity contribution in [2.24, 2.45) is 5.92 Å². The van der Waals surface area contributed by atoms with E-state index in [4.69, 9.17) is 4.74 Å². The lowest BCUT2D eigenvalue weighted by Crippen LogP contribution is -2.12. The molecule has 0 aromatic carbocycles. The number of ether oxygens (including phenoxy) is 1. The molecule has 4 nitrogen and oxygen atoms in total. The SMILES string of the molecule is CCOC(CC)c1nc(CC(C)C)cc(NC)n1. The summed E-state index contributed by atoms with van der Waals surface area (Å²) in [7, 11) is 1.88. The zero-order valence-electron chi connectivity index (χ0n) is 12.2. The van der Waals surface area contributed by atoms with Gasteiger partial charge in [0.1, 0.15) is 11.9 Å². The Morgan fingerprint density at radius 3 is 2.50 bits per heavy atom. The van der Waals surface area contributed by atoms with Crippen LogP contribution in [0.3, 0.4) is 0 Å². The molecular weight excluding hydrogens is 226 g/mol. The Kier molecular flexibility index (Phi) is 6.05. The quantitative estimate of drug-likeness (QED) is 0.808. The van der Waals surface area contributed by atoms with Gasteiger partial charge in [-0.05, 0) is 25.7 Å². The second-order valence-corrected chi connectivity index (χ2v) is 4.80. The fourth-order valence-electron chi connectivity index (χ4n) is 1.89. The average molecular weight is 251 g/mol. The van der Waals surface area contributed by atoms with Crippen molar-refractivity contribution in [3.63, 3.8) is 0 Å². The lowest BCUT2D eigenvalue weighted by molar-refractivity contribution is 0.0534. The highest BCUT2D eigenvalue weighted by Crippen LogP contribution is 2.20. The van der Waals surface area contributed by atoms with Crippen LogP contribution in [0.1, 0.15) is 51.7 Å². The van der Waals surface area contributed by atoms with Gasteiger partial charge in [-0.1, -0.05) is 20.8 Å². The molecule has 0 spiro atoms. The van der Waals surface area contributed by atoms with Gasteiger partial charge in [0.05, 0.1) is 0 Å². The van der Waals surface area contributed by atoms with Crippen LogP contribution >= 0.6 is 0 Å². The summed E-state index contributed by atoms with van der Waals surface area (Å²) in [5.74, 6) is 2.25. The fourth-order valence-corrected chi connectivity index (χ4v) is 1.89. The molecule has 0 aliphatic heterocycles. The van der Waals surface area contributed by atoms with Gasteiger partial charge < -0.3 is 10.1 Å². The Morgan fingerprint density at radius 2 is 2.00 bits per heavy atom. The molecule has 18 heavy (non-hydrogen) atoms. The topological polar surface area (TPSA) is 47.0 Å². The van der Waals surface area contributed by atoms with Crippen LogP contribution < -0.4 is 5.32 Å². The molecule has 0 radical (unpaired) electrons. The second-order valence-electron chi connectivity index (χ2n) is 4.80. The van der Waals surface area contributed by atoms with Crippen molar-refractivity contribution in [2.75, 3.05) is 19.0 Å². The Morgan fingerprint density at radius 1 is 1.28 bits per heavy atom. The molecule has 0 bridgehead atoms. The van der Waals surface area contributed by atoms with E-state index in [0.717, 1.165) is 30.2 Å². The van der Waals surface area contributed by atoms with Gasteiger partial charge in [-0.25, -0.2) is 9.97 Å². The van der Waals surface area contributed by atoms with Gasteiger partial charge in [-0.3, -0.25) is 0 Å². The number of hydrogen-bond acceptors (Lipinski definition) is 4. The summed E-state index contributed by atoms with van der Waals surface area (Å²) in [5.41, 5.74) is 1.08. The first-order valence-corrected chi connectivity index (χ1v) is 6.77. The van der Waals surface area contributed by atoms with Gasteiger partial charge in [0.2, 0.25) is 0 Å². The number of aromatic nitrogens is 2. The molecule has 0 saturated heterocycles. The van der Waals surface area contributed by atoms with Crippen LogP contribution in [0.2, 0.25) is 0 Å². The first-order chi connectivity index (χ1) is 8.60. The van der Waals surface area contributed by atoms with E-state index in [2.05, 4.69) is 36.1 Å². The van der Waals surface area contributed by atoms with Gasteiger partial charge in [0.15, 0.2) is 5.82 Å². The summed E-state index contributed by atoms with van der Waals surface area (Å²) in [6.45, 7) is 9.17. The van der Waals surface area contributed by atoms with Gasteiger partial charge in [-0.2, -0.15) is 0 Å².